The zero-order valence-corrected chi connectivity index (χ0v) is 16.7. The van der Waals surface area contributed by atoms with Gasteiger partial charge in [0, 0.05) is 35.2 Å². The summed E-state index contributed by atoms with van der Waals surface area (Å²) in [5, 5.41) is 12.8. The molecule has 0 aliphatic rings. The van der Waals surface area contributed by atoms with Crippen molar-refractivity contribution in [2.24, 2.45) is 0 Å². The number of nitrogens with one attached hydrogen (secondary N) is 1. The largest absolute Gasteiger partial charge is 0.325 e. The molecule has 140 valence electrons. The topological polar surface area (TPSA) is 72.7 Å². The SMILES string of the molecule is CCCn1c(SCC(=O)Nc2cc(Cl)ccc2C)nnc1-c1cccnc1. The first-order valence-electron chi connectivity index (χ1n) is 8.61. The standard InChI is InChI=1S/C19H20ClN5OS/c1-3-9-25-18(14-5-4-8-21-11-14)23-24-19(25)27-12-17(26)22-16-10-15(20)7-6-13(16)2/h4-8,10-11H,3,9,12H2,1-2H3,(H,22,26). The number of pyridine rings is 1. The molecular formula is C19H20ClN5OS. The summed E-state index contributed by atoms with van der Waals surface area (Å²) in [6.07, 6.45) is 4.42. The lowest BCUT2D eigenvalue weighted by Gasteiger charge is -2.10. The quantitative estimate of drug-likeness (QED) is 0.592. The van der Waals surface area contributed by atoms with Crippen LogP contribution in [-0.2, 0) is 11.3 Å². The van der Waals surface area contributed by atoms with Crippen LogP contribution < -0.4 is 5.32 Å². The van der Waals surface area contributed by atoms with Crippen LogP contribution in [0.25, 0.3) is 11.4 Å². The summed E-state index contributed by atoms with van der Waals surface area (Å²) in [6.45, 7) is 4.79. The van der Waals surface area contributed by atoms with Gasteiger partial charge in [-0.25, -0.2) is 0 Å². The molecule has 0 radical (unpaired) electrons. The van der Waals surface area contributed by atoms with Crippen molar-refractivity contribution in [1.82, 2.24) is 19.7 Å². The van der Waals surface area contributed by atoms with E-state index < -0.39 is 0 Å². The Hall–Kier alpha value is -2.38. The van der Waals surface area contributed by atoms with E-state index in [-0.39, 0.29) is 11.7 Å². The van der Waals surface area contributed by atoms with Crippen molar-refractivity contribution in [1.29, 1.82) is 0 Å². The zero-order chi connectivity index (χ0) is 19.2. The number of nitrogens with zero attached hydrogens (tertiary/aromatic N) is 4. The molecule has 0 saturated heterocycles. The average Bonchev–Trinajstić information content (AvgIpc) is 3.07. The van der Waals surface area contributed by atoms with E-state index in [0.29, 0.717) is 10.2 Å². The molecule has 6 nitrogen and oxygen atoms in total. The van der Waals surface area contributed by atoms with Gasteiger partial charge < -0.3 is 9.88 Å². The van der Waals surface area contributed by atoms with Crippen molar-refractivity contribution in [3.8, 4) is 11.4 Å². The van der Waals surface area contributed by atoms with Gasteiger partial charge in [-0.3, -0.25) is 9.78 Å². The van der Waals surface area contributed by atoms with Crippen molar-refractivity contribution >= 4 is 35.0 Å². The summed E-state index contributed by atoms with van der Waals surface area (Å²) in [5.74, 6) is 0.888. The summed E-state index contributed by atoms with van der Waals surface area (Å²) in [6, 6.07) is 9.25. The Morgan fingerprint density at radius 2 is 2.15 bits per heavy atom. The number of halogens is 1. The Kier molecular flexibility index (Phi) is 6.47. The van der Waals surface area contributed by atoms with Crippen molar-refractivity contribution < 1.29 is 4.79 Å². The minimum Gasteiger partial charge on any atom is -0.325 e. The molecule has 2 heterocycles. The van der Waals surface area contributed by atoms with Crippen molar-refractivity contribution in [3.63, 3.8) is 0 Å². The number of rotatable bonds is 7. The lowest BCUT2D eigenvalue weighted by Crippen LogP contribution is -2.15. The van der Waals surface area contributed by atoms with Gasteiger partial charge in [-0.15, -0.1) is 10.2 Å². The Labute approximate surface area is 167 Å². The first kappa shape index (κ1) is 19.4. The van der Waals surface area contributed by atoms with Gasteiger partial charge in [-0.05, 0) is 43.2 Å². The van der Waals surface area contributed by atoms with Crippen LogP contribution in [0.4, 0.5) is 5.69 Å². The first-order chi connectivity index (χ1) is 13.1. The van der Waals surface area contributed by atoms with E-state index in [1.54, 1.807) is 24.5 Å². The molecule has 0 unspecified atom stereocenters. The molecule has 3 rings (SSSR count). The molecule has 0 spiro atoms. The maximum atomic E-state index is 12.4. The van der Waals surface area contributed by atoms with Crippen LogP contribution in [0.2, 0.25) is 5.02 Å². The number of benzene rings is 1. The van der Waals surface area contributed by atoms with Gasteiger partial charge in [0.25, 0.3) is 0 Å². The smallest absolute Gasteiger partial charge is 0.234 e. The maximum Gasteiger partial charge on any atom is 0.234 e. The summed E-state index contributed by atoms with van der Waals surface area (Å²) < 4.78 is 2.03. The highest BCUT2D eigenvalue weighted by molar-refractivity contribution is 7.99. The van der Waals surface area contributed by atoms with Gasteiger partial charge in [0.05, 0.1) is 5.75 Å². The second-order valence-corrected chi connectivity index (χ2v) is 7.37. The molecule has 3 aromatic rings. The number of anilines is 1. The fourth-order valence-electron chi connectivity index (χ4n) is 2.57. The third-order valence-electron chi connectivity index (χ3n) is 3.89. The molecule has 2 aromatic heterocycles. The van der Waals surface area contributed by atoms with Crippen LogP contribution in [0.3, 0.4) is 0 Å². The summed E-state index contributed by atoms with van der Waals surface area (Å²) in [7, 11) is 0. The Morgan fingerprint density at radius 3 is 2.89 bits per heavy atom. The molecule has 0 saturated carbocycles. The van der Waals surface area contributed by atoms with Gasteiger partial charge >= 0.3 is 0 Å². The molecule has 0 aliphatic heterocycles. The zero-order valence-electron chi connectivity index (χ0n) is 15.1. The minimum atomic E-state index is -0.112. The van der Waals surface area contributed by atoms with E-state index in [1.165, 1.54) is 11.8 Å². The third kappa shape index (κ3) is 4.87. The fraction of sp³-hybridized carbons (Fsp3) is 0.263. The molecule has 0 fully saturated rings. The molecule has 0 aliphatic carbocycles. The van der Waals surface area contributed by atoms with E-state index >= 15 is 0 Å². The number of hydrogen-bond donors (Lipinski definition) is 1. The number of carbonyl (C=O) groups is 1. The predicted molar refractivity (Wildman–Crippen MR) is 109 cm³/mol. The number of thioether (sulfide) groups is 1. The van der Waals surface area contributed by atoms with Crippen LogP contribution in [0.1, 0.15) is 18.9 Å². The van der Waals surface area contributed by atoms with E-state index in [9.17, 15) is 4.79 Å². The predicted octanol–water partition coefficient (Wildman–Crippen LogP) is 4.44. The second-order valence-electron chi connectivity index (χ2n) is 6.00. The van der Waals surface area contributed by atoms with Crippen LogP contribution >= 0.6 is 23.4 Å². The van der Waals surface area contributed by atoms with Gasteiger partial charge in [-0.1, -0.05) is 36.4 Å². The normalized spacial score (nSPS) is 10.8. The van der Waals surface area contributed by atoms with Gasteiger partial charge in [0.1, 0.15) is 0 Å². The van der Waals surface area contributed by atoms with Crippen molar-refractivity contribution in [2.75, 3.05) is 11.1 Å². The van der Waals surface area contributed by atoms with E-state index in [2.05, 4.69) is 27.4 Å². The Balaban J connectivity index is 1.71. The number of hydrogen-bond acceptors (Lipinski definition) is 5. The van der Waals surface area contributed by atoms with E-state index in [0.717, 1.165) is 35.6 Å². The molecule has 1 aromatic carbocycles. The van der Waals surface area contributed by atoms with Crippen molar-refractivity contribution in [2.45, 2.75) is 32.0 Å². The van der Waals surface area contributed by atoms with E-state index in [4.69, 9.17) is 11.6 Å². The maximum absolute atomic E-state index is 12.4. The monoisotopic (exact) mass is 401 g/mol. The van der Waals surface area contributed by atoms with Gasteiger partial charge in [0.15, 0.2) is 11.0 Å². The molecule has 0 bridgehead atoms. The number of aromatic nitrogens is 4. The Bertz CT molecular complexity index is 929. The Morgan fingerprint density at radius 1 is 1.30 bits per heavy atom. The van der Waals surface area contributed by atoms with Crippen LogP contribution in [0.15, 0.2) is 47.9 Å². The highest BCUT2D eigenvalue weighted by atomic mass is 35.5. The fourth-order valence-corrected chi connectivity index (χ4v) is 3.51. The highest BCUT2D eigenvalue weighted by Gasteiger charge is 2.15. The van der Waals surface area contributed by atoms with Crippen molar-refractivity contribution in [3.05, 3.63) is 53.3 Å². The number of amides is 1. The average molecular weight is 402 g/mol. The number of carbonyl (C=O) groups excluding carboxylic acids is 1. The van der Waals surface area contributed by atoms with Gasteiger partial charge in [0.2, 0.25) is 5.91 Å². The molecule has 0 atom stereocenters. The third-order valence-corrected chi connectivity index (χ3v) is 5.09. The summed E-state index contributed by atoms with van der Waals surface area (Å²) in [4.78, 5) is 16.5. The van der Waals surface area contributed by atoms with Crippen LogP contribution in [0.5, 0.6) is 0 Å². The minimum absolute atomic E-state index is 0.112. The summed E-state index contributed by atoms with van der Waals surface area (Å²) >= 11 is 7.37. The lowest BCUT2D eigenvalue weighted by atomic mass is 10.2. The lowest BCUT2D eigenvalue weighted by molar-refractivity contribution is -0.113. The highest BCUT2D eigenvalue weighted by Crippen LogP contribution is 2.25. The van der Waals surface area contributed by atoms with Gasteiger partial charge in [-0.2, -0.15) is 0 Å². The molecular weight excluding hydrogens is 382 g/mol. The first-order valence-corrected chi connectivity index (χ1v) is 9.97. The molecule has 8 heteroatoms. The number of aryl methyl sites for hydroxylation is 1. The molecule has 1 N–H and O–H groups in total. The van der Waals surface area contributed by atoms with Crippen LogP contribution in [-0.4, -0.2) is 31.4 Å². The molecule has 27 heavy (non-hydrogen) atoms. The molecule has 1 amide bonds. The van der Waals surface area contributed by atoms with Crippen LogP contribution in [0, 0.1) is 6.92 Å². The second kappa shape index (κ2) is 9.01. The summed E-state index contributed by atoms with van der Waals surface area (Å²) in [5.41, 5.74) is 2.59. The van der Waals surface area contributed by atoms with E-state index in [1.807, 2.05) is 29.7 Å².